The quantitative estimate of drug-likeness (QED) is 0.537. The number of likely N-dealkylation sites (N-methyl/N-ethyl adjacent to an activating group) is 1. The number of carbonyl (C=O) groups excluding carboxylic acids is 2. The van der Waals surface area contributed by atoms with E-state index in [4.69, 9.17) is 14.6 Å². The Bertz CT molecular complexity index is 994. The van der Waals surface area contributed by atoms with Gasteiger partial charge in [0.1, 0.15) is 6.10 Å². The number of ether oxygens (including phenoxy) is 1. The highest BCUT2D eigenvalue weighted by Crippen LogP contribution is 2.43. The second-order valence-electron chi connectivity index (χ2n) is 9.49. The van der Waals surface area contributed by atoms with Crippen molar-refractivity contribution in [2.24, 2.45) is 5.41 Å². The Labute approximate surface area is 201 Å². The summed E-state index contributed by atoms with van der Waals surface area (Å²) in [7, 11) is 3.99. The molecule has 0 radical (unpaired) electrons. The Kier molecular flexibility index (Phi) is 8.45. The van der Waals surface area contributed by atoms with Crippen molar-refractivity contribution in [1.29, 1.82) is 0 Å². The average Bonchev–Trinajstić information content (AvgIpc) is 3.09. The number of rotatable bonds is 5. The zero-order valence-corrected chi connectivity index (χ0v) is 20.2. The van der Waals surface area contributed by atoms with Crippen molar-refractivity contribution >= 4 is 18.3 Å². The van der Waals surface area contributed by atoms with Gasteiger partial charge in [-0.1, -0.05) is 48.0 Å². The van der Waals surface area contributed by atoms with Crippen molar-refractivity contribution < 1.29 is 24.2 Å². The van der Waals surface area contributed by atoms with Gasteiger partial charge < -0.3 is 19.6 Å². The Hall–Kier alpha value is -3.19. The van der Waals surface area contributed by atoms with Crippen LogP contribution in [0.3, 0.4) is 0 Å². The van der Waals surface area contributed by atoms with E-state index < -0.39 is 5.41 Å². The van der Waals surface area contributed by atoms with Crippen LogP contribution < -0.4 is 0 Å². The number of likely N-dealkylation sites (tertiary alicyclic amines) is 1. The number of cyclic esters (lactones) is 1. The summed E-state index contributed by atoms with van der Waals surface area (Å²) < 4.78 is 5.66. The van der Waals surface area contributed by atoms with Crippen molar-refractivity contribution in [1.82, 2.24) is 9.80 Å². The molecule has 1 N–H and O–H groups in total. The van der Waals surface area contributed by atoms with Gasteiger partial charge in [0.15, 0.2) is 0 Å². The monoisotopic (exact) mass is 466 g/mol. The van der Waals surface area contributed by atoms with E-state index >= 15 is 0 Å². The lowest BCUT2D eigenvalue weighted by Crippen LogP contribution is -2.45. The topological polar surface area (TPSA) is 87.2 Å². The van der Waals surface area contributed by atoms with Crippen molar-refractivity contribution in [3.63, 3.8) is 0 Å². The summed E-state index contributed by atoms with van der Waals surface area (Å²) in [5, 5.41) is 6.89. The SMILES string of the molecule is Cc1ccc(Cc2ccccc2C(=O)N2CCC3(CC2)CC(CN(C)C)OC3=O)cc1.O=CO. The molecule has 0 aromatic heterocycles. The van der Waals surface area contributed by atoms with Gasteiger partial charge in [-0.05, 0) is 57.5 Å². The standard InChI is InChI=1S/C26H32N2O3.CH2O2/c1-19-8-10-20(11-9-19)16-21-6-4-5-7-23(21)24(29)28-14-12-26(13-15-28)17-22(18-27(2)3)31-25(26)30;2-1-3/h4-11,22H,12-18H2,1-3H3;1H,(H,2,3). The lowest BCUT2D eigenvalue weighted by atomic mass is 9.76. The van der Waals surface area contributed by atoms with E-state index in [0.717, 1.165) is 30.5 Å². The maximum Gasteiger partial charge on any atom is 0.312 e. The van der Waals surface area contributed by atoms with Crippen LogP contribution in [0.4, 0.5) is 0 Å². The van der Waals surface area contributed by atoms with Gasteiger partial charge in [0.25, 0.3) is 12.4 Å². The first-order valence-corrected chi connectivity index (χ1v) is 11.6. The van der Waals surface area contributed by atoms with Crippen molar-refractivity contribution in [3.05, 3.63) is 70.8 Å². The molecule has 2 aromatic carbocycles. The molecule has 1 amide bonds. The fourth-order valence-corrected chi connectivity index (χ4v) is 4.87. The third-order valence-corrected chi connectivity index (χ3v) is 6.66. The molecule has 0 bridgehead atoms. The summed E-state index contributed by atoms with van der Waals surface area (Å²) in [5.74, 6) is -0.0139. The van der Waals surface area contributed by atoms with E-state index in [1.54, 1.807) is 0 Å². The van der Waals surface area contributed by atoms with Gasteiger partial charge in [-0.25, -0.2) is 0 Å². The number of hydrogen-bond donors (Lipinski definition) is 1. The lowest BCUT2D eigenvalue weighted by Gasteiger charge is -2.36. The molecule has 4 rings (SSSR count). The van der Waals surface area contributed by atoms with Gasteiger partial charge in [0.2, 0.25) is 0 Å². The minimum atomic E-state index is -0.418. The number of hydrogen-bond acceptors (Lipinski definition) is 5. The Morgan fingerprint density at radius 3 is 2.38 bits per heavy atom. The van der Waals surface area contributed by atoms with E-state index in [-0.39, 0.29) is 24.5 Å². The van der Waals surface area contributed by atoms with Crippen LogP contribution in [0.1, 0.15) is 46.3 Å². The zero-order chi connectivity index (χ0) is 24.7. The van der Waals surface area contributed by atoms with Gasteiger partial charge in [0.05, 0.1) is 5.41 Å². The molecule has 7 nitrogen and oxygen atoms in total. The van der Waals surface area contributed by atoms with Crippen LogP contribution in [0.25, 0.3) is 0 Å². The second kappa shape index (κ2) is 11.3. The summed E-state index contributed by atoms with van der Waals surface area (Å²) in [6.07, 6.45) is 2.82. The lowest BCUT2D eigenvalue weighted by molar-refractivity contribution is -0.150. The smallest absolute Gasteiger partial charge is 0.312 e. The third-order valence-electron chi connectivity index (χ3n) is 6.66. The molecule has 7 heteroatoms. The minimum Gasteiger partial charge on any atom is -0.483 e. The summed E-state index contributed by atoms with van der Waals surface area (Å²) in [6.45, 7) is 3.78. The predicted molar refractivity (Wildman–Crippen MR) is 130 cm³/mol. The van der Waals surface area contributed by atoms with E-state index in [9.17, 15) is 9.59 Å². The molecule has 2 aliphatic heterocycles. The molecule has 1 spiro atoms. The Morgan fingerprint density at radius 1 is 1.15 bits per heavy atom. The van der Waals surface area contributed by atoms with Crippen LogP contribution >= 0.6 is 0 Å². The predicted octanol–water partition coefficient (Wildman–Crippen LogP) is 3.39. The van der Waals surface area contributed by atoms with Gasteiger partial charge in [0, 0.05) is 31.6 Å². The molecule has 182 valence electrons. The molecule has 0 saturated carbocycles. The summed E-state index contributed by atoms with van der Waals surface area (Å²) in [6, 6.07) is 16.3. The molecule has 34 heavy (non-hydrogen) atoms. The van der Waals surface area contributed by atoms with Crippen LogP contribution in [0.15, 0.2) is 48.5 Å². The summed E-state index contributed by atoms with van der Waals surface area (Å²) in [4.78, 5) is 38.3. The van der Waals surface area contributed by atoms with Crippen LogP contribution in [0.5, 0.6) is 0 Å². The number of carbonyl (C=O) groups is 3. The third kappa shape index (κ3) is 6.03. The highest BCUT2D eigenvalue weighted by atomic mass is 16.6. The summed E-state index contributed by atoms with van der Waals surface area (Å²) >= 11 is 0. The zero-order valence-electron chi connectivity index (χ0n) is 20.2. The maximum atomic E-state index is 13.4. The number of piperidine rings is 1. The van der Waals surface area contributed by atoms with Gasteiger partial charge in [-0.2, -0.15) is 0 Å². The summed E-state index contributed by atoms with van der Waals surface area (Å²) in [5.41, 5.74) is 3.82. The van der Waals surface area contributed by atoms with Gasteiger partial charge >= 0.3 is 5.97 Å². The van der Waals surface area contributed by atoms with Crippen LogP contribution in [0.2, 0.25) is 0 Å². The number of carboxylic acid groups (broad SMARTS) is 1. The molecular weight excluding hydrogens is 432 g/mol. The number of esters is 1. The molecule has 1 unspecified atom stereocenters. The van der Waals surface area contributed by atoms with Crippen molar-refractivity contribution in [2.75, 3.05) is 33.7 Å². The van der Waals surface area contributed by atoms with E-state index in [1.165, 1.54) is 11.1 Å². The van der Waals surface area contributed by atoms with Crippen molar-refractivity contribution in [3.8, 4) is 0 Å². The molecule has 2 aromatic rings. The number of aryl methyl sites for hydroxylation is 1. The first-order chi connectivity index (χ1) is 16.3. The van der Waals surface area contributed by atoms with E-state index in [0.29, 0.717) is 25.9 Å². The number of benzene rings is 2. The molecule has 0 aliphatic carbocycles. The molecule has 1 atom stereocenters. The Morgan fingerprint density at radius 2 is 1.76 bits per heavy atom. The Balaban J connectivity index is 0.00000103. The number of nitrogens with zero attached hydrogens (tertiary/aromatic N) is 2. The second-order valence-corrected chi connectivity index (χ2v) is 9.49. The maximum absolute atomic E-state index is 13.4. The fraction of sp³-hybridized carbons (Fsp3) is 0.444. The first-order valence-electron chi connectivity index (χ1n) is 11.6. The molecular formula is C27H34N2O5. The molecule has 2 saturated heterocycles. The fourth-order valence-electron chi connectivity index (χ4n) is 4.87. The first kappa shape index (κ1) is 25.4. The normalized spacial score (nSPS) is 18.9. The highest BCUT2D eigenvalue weighted by molar-refractivity contribution is 5.96. The number of amides is 1. The van der Waals surface area contributed by atoms with E-state index in [1.807, 2.05) is 43.3 Å². The average molecular weight is 467 g/mol. The molecule has 2 heterocycles. The van der Waals surface area contributed by atoms with E-state index in [2.05, 4.69) is 36.1 Å². The molecule has 2 fully saturated rings. The van der Waals surface area contributed by atoms with Gasteiger partial charge in [-0.3, -0.25) is 14.4 Å². The molecule has 2 aliphatic rings. The van der Waals surface area contributed by atoms with Gasteiger partial charge in [-0.15, -0.1) is 0 Å². The minimum absolute atomic E-state index is 0.0417. The van der Waals surface area contributed by atoms with Crippen LogP contribution in [0, 0.1) is 12.3 Å². The highest BCUT2D eigenvalue weighted by Gasteiger charge is 2.50. The largest absolute Gasteiger partial charge is 0.483 e. The van der Waals surface area contributed by atoms with Crippen LogP contribution in [-0.2, 0) is 20.7 Å². The van der Waals surface area contributed by atoms with Crippen LogP contribution in [-0.4, -0.2) is 73.1 Å². The van der Waals surface area contributed by atoms with Crippen molar-refractivity contribution in [2.45, 2.75) is 38.7 Å².